The average molecular weight is 291 g/mol. The van der Waals surface area contributed by atoms with Crippen LogP contribution in [0.3, 0.4) is 0 Å². The molecule has 0 unspecified atom stereocenters. The summed E-state index contributed by atoms with van der Waals surface area (Å²) in [4.78, 5) is 24.3. The molecule has 1 N–H and O–H groups in total. The Morgan fingerprint density at radius 3 is 2.38 bits per heavy atom. The van der Waals surface area contributed by atoms with Gasteiger partial charge in [0.1, 0.15) is 0 Å². The van der Waals surface area contributed by atoms with E-state index in [2.05, 4.69) is 24.1 Å². The number of rotatable bonds is 4. The van der Waals surface area contributed by atoms with Crippen molar-refractivity contribution >= 4 is 17.3 Å². The molecular weight excluding hydrogens is 270 g/mol. The molecule has 2 rings (SSSR count). The van der Waals surface area contributed by atoms with Crippen LogP contribution in [-0.4, -0.2) is 35.4 Å². The van der Waals surface area contributed by atoms with Crippen molar-refractivity contribution in [1.82, 2.24) is 4.90 Å². The monoisotopic (exact) mass is 291 g/mol. The van der Waals surface area contributed by atoms with E-state index in [0.29, 0.717) is 24.1 Å². The molecule has 1 fully saturated rings. The maximum Gasteiger partial charge on any atom is 0.269 e. The van der Waals surface area contributed by atoms with Crippen LogP contribution in [0.15, 0.2) is 24.3 Å². The highest BCUT2D eigenvalue weighted by molar-refractivity contribution is 5.92. The summed E-state index contributed by atoms with van der Waals surface area (Å²) in [6.45, 7) is 6.66. The van der Waals surface area contributed by atoms with Gasteiger partial charge in [-0.25, -0.2) is 0 Å². The third-order valence-corrected chi connectivity index (χ3v) is 3.67. The Labute approximate surface area is 124 Å². The Morgan fingerprint density at radius 1 is 1.29 bits per heavy atom. The fourth-order valence-electron chi connectivity index (χ4n) is 2.99. The fourth-order valence-corrected chi connectivity index (χ4v) is 2.99. The van der Waals surface area contributed by atoms with E-state index in [-0.39, 0.29) is 11.6 Å². The number of hydrogen-bond acceptors (Lipinski definition) is 4. The van der Waals surface area contributed by atoms with Gasteiger partial charge < -0.3 is 5.32 Å². The second-order valence-corrected chi connectivity index (χ2v) is 5.99. The molecule has 1 aliphatic rings. The minimum absolute atomic E-state index is 0.0201. The lowest BCUT2D eigenvalue weighted by Crippen LogP contribution is -2.42. The smallest absolute Gasteiger partial charge is 0.269 e. The van der Waals surface area contributed by atoms with E-state index in [1.807, 2.05) is 0 Å². The van der Waals surface area contributed by atoms with E-state index in [4.69, 9.17) is 0 Å². The van der Waals surface area contributed by atoms with Crippen molar-refractivity contribution in [2.45, 2.75) is 20.3 Å². The van der Waals surface area contributed by atoms with Gasteiger partial charge in [-0.2, -0.15) is 0 Å². The maximum absolute atomic E-state index is 12.0. The summed E-state index contributed by atoms with van der Waals surface area (Å²) in [7, 11) is 0. The standard InChI is InChI=1S/C15H21N3O3/c1-11-7-12(2)9-17(8-11)10-15(19)16-13-3-5-14(6-4-13)18(20)21/h3-6,11-12H,7-10H2,1-2H3,(H,16,19)/t11-,12+. The molecule has 6 heteroatoms. The summed E-state index contributed by atoms with van der Waals surface area (Å²) in [5.74, 6) is 1.15. The van der Waals surface area contributed by atoms with Crippen molar-refractivity contribution in [3.8, 4) is 0 Å². The zero-order chi connectivity index (χ0) is 15.4. The van der Waals surface area contributed by atoms with Crippen molar-refractivity contribution in [2.75, 3.05) is 25.0 Å². The number of carbonyl (C=O) groups is 1. The van der Waals surface area contributed by atoms with Gasteiger partial charge in [0.2, 0.25) is 5.91 Å². The van der Waals surface area contributed by atoms with Gasteiger partial charge in [0.15, 0.2) is 0 Å². The molecule has 0 aliphatic carbocycles. The summed E-state index contributed by atoms with van der Waals surface area (Å²) in [5, 5.41) is 13.4. The second-order valence-electron chi connectivity index (χ2n) is 5.99. The number of anilines is 1. The minimum atomic E-state index is -0.456. The first kappa shape index (κ1) is 15.4. The third kappa shape index (κ3) is 4.53. The molecule has 1 saturated heterocycles. The Morgan fingerprint density at radius 2 is 1.86 bits per heavy atom. The van der Waals surface area contributed by atoms with Gasteiger partial charge in [-0.1, -0.05) is 13.8 Å². The minimum Gasteiger partial charge on any atom is -0.325 e. The zero-order valence-corrected chi connectivity index (χ0v) is 12.4. The molecule has 21 heavy (non-hydrogen) atoms. The predicted molar refractivity (Wildman–Crippen MR) is 81.1 cm³/mol. The molecule has 0 aromatic heterocycles. The van der Waals surface area contributed by atoms with Gasteiger partial charge in [0, 0.05) is 30.9 Å². The summed E-state index contributed by atoms with van der Waals surface area (Å²) < 4.78 is 0. The number of nitrogens with zero attached hydrogens (tertiary/aromatic N) is 2. The molecule has 0 radical (unpaired) electrons. The molecule has 0 bridgehead atoms. The van der Waals surface area contributed by atoms with Crippen molar-refractivity contribution in [3.05, 3.63) is 34.4 Å². The lowest BCUT2D eigenvalue weighted by molar-refractivity contribution is -0.384. The lowest BCUT2D eigenvalue weighted by atomic mass is 9.92. The quantitative estimate of drug-likeness (QED) is 0.683. The largest absolute Gasteiger partial charge is 0.325 e. The average Bonchev–Trinajstić information content (AvgIpc) is 2.37. The van der Waals surface area contributed by atoms with Crippen molar-refractivity contribution in [3.63, 3.8) is 0 Å². The molecule has 1 aliphatic heterocycles. The number of benzene rings is 1. The number of non-ortho nitro benzene ring substituents is 1. The molecule has 114 valence electrons. The van der Waals surface area contributed by atoms with Gasteiger partial charge >= 0.3 is 0 Å². The van der Waals surface area contributed by atoms with Crippen LogP contribution in [0.25, 0.3) is 0 Å². The summed E-state index contributed by atoms with van der Waals surface area (Å²) >= 11 is 0. The van der Waals surface area contributed by atoms with Crippen LogP contribution in [0.1, 0.15) is 20.3 Å². The van der Waals surface area contributed by atoms with Crippen LogP contribution in [0, 0.1) is 22.0 Å². The van der Waals surface area contributed by atoms with Crippen LogP contribution in [0.5, 0.6) is 0 Å². The van der Waals surface area contributed by atoms with E-state index >= 15 is 0 Å². The van der Waals surface area contributed by atoms with Gasteiger partial charge in [-0.3, -0.25) is 19.8 Å². The van der Waals surface area contributed by atoms with E-state index in [0.717, 1.165) is 13.1 Å². The van der Waals surface area contributed by atoms with E-state index in [9.17, 15) is 14.9 Å². The fraction of sp³-hybridized carbons (Fsp3) is 0.533. The van der Waals surface area contributed by atoms with Crippen LogP contribution in [0.4, 0.5) is 11.4 Å². The molecule has 0 saturated carbocycles. The predicted octanol–water partition coefficient (Wildman–Crippen LogP) is 2.51. The third-order valence-electron chi connectivity index (χ3n) is 3.67. The highest BCUT2D eigenvalue weighted by atomic mass is 16.6. The highest BCUT2D eigenvalue weighted by Gasteiger charge is 2.23. The Balaban J connectivity index is 1.88. The van der Waals surface area contributed by atoms with Crippen LogP contribution in [-0.2, 0) is 4.79 Å². The molecule has 0 spiro atoms. The number of piperidine rings is 1. The normalized spacial score (nSPS) is 22.8. The van der Waals surface area contributed by atoms with Gasteiger partial charge in [-0.05, 0) is 30.4 Å². The van der Waals surface area contributed by atoms with Crippen LogP contribution >= 0.6 is 0 Å². The van der Waals surface area contributed by atoms with Crippen molar-refractivity contribution < 1.29 is 9.72 Å². The van der Waals surface area contributed by atoms with Gasteiger partial charge in [0.25, 0.3) is 5.69 Å². The molecule has 1 aromatic carbocycles. The van der Waals surface area contributed by atoms with E-state index in [1.165, 1.54) is 18.6 Å². The number of likely N-dealkylation sites (tertiary alicyclic amines) is 1. The number of amides is 1. The zero-order valence-electron chi connectivity index (χ0n) is 12.4. The topological polar surface area (TPSA) is 75.5 Å². The van der Waals surface area contributed by atoms with Crippen molar-refractivity contribution in [2.24, 2.45) is 11.8 Å². The highest BCUT2D eigenvalue weighted by Crippen LogP contribution is 2.21. The first-order valence-electron chi connectivity index (χ1n) is 7.20. The van der Waals surface area contributed by atoms with Gasteiger partial charge in [0.05, 0.1) is 11.5 Å². The summed E-state index contributed by atoms with van der Waals surface area (Å²) in [5.41, 5.74) is 0.607. The summed E-state index contributed by atoms with van der Waals surface area (Å²) in [6.07, 6.45) is 1.21. The van der Waals surface area contributed by atoms with Crippen LogP contribution < -0.4 is 5.32 Å². The number of nitrogens with one attached hydrogen (secondary N) is 1. The Bertz CT molecular complexity index is 505. The molecule has 2 atom stereocenters. The van der Waals surface area contributed by atoms with Crippen LogP contribution in [0.2, 0.25) is 0 Å². The number of hydrogen-bond donors (Lipinski definition) is 1. The molecule has 1 heterocycles. The first-order valence-corrected chi connectivity index (χ1v) is 7.20. The van der Waals surface area contributed by atoms with E-state index in [1.54, 1.807) is 12.1 Å². The second kappa shape index (κ2) is 6.67. The molecule has 6 nitrogen and oxygen atoms in total. The molecular formula is C15H21N3O3. The maximum atomic E-state index is 12.0. The Kier molecular flexibility index (Phi) is 4.90. The van der Waals surface area contributed by atoms with Crippen molar-refractivity contribution in [1.29, 1.82) is 0 Å². The number of nitro groups is 1. The number of nitro benzene ring substituents is 1. The summed E-state index contributed by atoms with van der Waals surface area (Å²) in [6, 6.07) is 5.89. The van der Waals surface area contributed by atoms with E-state index < -0.39 is 4.92 Å². The SMILES string of the molecule is C[C@@H]1C[C@H](C)CN(CC(=O)Nc2ccc([N+](=O)[O-])cc2)C1. The lowest BCUT2D eigenvalue weighted by Gasteiger charge is -2.34. The number of carbonyl (C=O) groups excluding carboxylic acids is 1. The molecule has 1 amide bonds. The Hall–Kier alpha value is -1.95. The van der Waals surface area contributed by atoms with Gasteiger partial charge in [-0.15, -0.1) is 0 Å². The molecule has 1 aromatic rings. The first-order chi connectivity index (χ1) is 9.94.